The summed E-state index contributed by atoms with van der Waals surface area (Å²) < 4.78 is 10.7. The first-order valence-corrected chi connectivity index (χ1v) is 9.43. The van der Waals surface area contributed by atoms with Gasteiger partial charge in [0.05, 0.1) is 17.4 Å². The summed E-state index contributed by atoms with van der Waals surface area (Å²) in [6, 6.07) is 9.62. The highest BCUT2D eigenvalue weighted by Gasteiger charge is 2.42. The van der Waals surface area contributed by atoms with Crippen LogP contribution in [-0.4, -0.2) is 38.9 Å². The third-order valence-corrected chi connectivity index (χ3v) is 4.84. The first kappa shape index (κ1) is 16.6. The highest BCUT2D eigenvalue weighted by atomic mass is 32.2. The molecule has 0 spiro atoms. The van der Waals surface area contributed by atoms with Crippen molar-refractivity contribution in [3.05, 3.63) is 59.7 Å². The van der Waals surface area contributed by atoms with E-state index < -0.39 is 6.04 Å². The summed E-state index contributed by atoms with van der Waals surface area (Å²) in [6.07, 6.45) is 3.99. The van der Waals surface area contributed by atoms with E-state index in [1.807, 2.05) is 6.26 Å². The van der Waals surface area contributed by atoms with Crippen molar-refractivity contribution < 1.29 is 18.5 Å². The maximum absolute atomic E-state index is 12.8. The Kier molecular flexibility index (Phi) is 4.34. The zero-order chi connectivity index (χ0) is 18.1. The van der Waals surface area contributed by atoms with Gasteiger partial charge in [0.25, 0.3) is 11.8 Å². The van der Waals surface area contributed by atoms with Gasteiger partial charge >= 0.3 is 0 Å². The number of aromatic nitrogens is 2. The Labute approximate surface area is 153 Å². The molecule has 3 heterocycles. The van der Waals surface area contributed by atoms with Crippen molar-refractivity contribution in [1.82, 2.24) is 15.0 Å². The number of amides is 2. The van der Waals surface area contributed by atoms with Gasteiger partial charge in [0.2, 0.25) is 11.7 Å². The van der Waals surface area contributed by atoms with Gasteiger partial charge in [-0.3, -0.25) is 14.5 Å². The number of benzene rings is 1. The minimum absolute atomic E-state index is 0.222. The second-order valence-electron chi connectivity index (χ2n) is 5.76. The third kappa shape index (κ3) is 2.72. The molecule has 1 aliphatic rings. The molecule has 2 aromatic heterocycles. The van der Waals surface area contributed by atoms with Crippen LogP contribution < -0.4 is 0 Å². The van der Waals surface area contributed by atoms with E-state index in [1.54, 1.807) is 48.2 Å². The van der Waals surface area contributed by atoms with Crippen LogP contribution in [0.4, 0.5) is 0 Å². The number of carbonyl (C=O) groups excluding carboxylic acids is 2. The Balaban J connectivity index is 1.70. The SMILES string of the molecule is CSCC[C@H](c1nc(-c2ccco2)no1)N1C(=O)c2ccccc2C1=O. The van der Waals surface area contributed by atoms with E-state index in [0.29, 0.717) is 23.3 Å². The first-order valence-electron chi connectivity index (χ1n) is 8.04. The largest absolute Gasteiger partial charge is 0.461 e. The van der Waals surface area contributed by atoms with E-state index in [1.165, 1.54) is 11.2 Å². The lowest BCUT2D eigenvalue weighted by atomic mass is 10.1. The number of rotatable bonds is 6. The van der Waals surface area contributed by atoms with Gasteiger partial charge in [-0.1, -0.05) is 17.3 Å². The second-order valence-corrected chi connectivity index (χ2v) is 6.74. The Hall–Kier alpha value is -2.87. The predicted molar refractivity (Wildman–Crippen MR) is 94.7 cm³/mol. The molecule has 4 rings (SSSR count). The molecule has 0 N–H and O–H groups in total. The summed E-state index contributed by atoms with van der Waals surface area (Å²) in [5.41, 5.74) is 0.801. The van der Waals surface area contributed by atoms with Gasteiger partial charge in [0.15, 0.2) is 5.76 Å². The van der Waals surface area contributed by atoms with Crippen LogP contribution in [0.15, 0.2) is 51.6 Å². The van der Waals surface area contributed by atoms with Crippen LogP contribution in [0, 0.1) is 0 Å². The average molecular weight is 369 g/mol. The number of hydrogen-bond acceptors (Lipinski definition) is 7. The van der Waals surface area contributed by atoms with Gasteiger partial charge in [-0.2, -0.15) is 16.7 Å². The fraction of sp³-hybridized carbons (Fsp3) is 0.222. The molecule has 1 aliphatic heterocycles. The van der Waals surface area contributed by atoms with Crippen LogP contribution in [0.2, 0.25) is 0 Å². The van der Waals surface area contributed by atoms with Crippen molar-refractivity contribution in [2.24, 2.45) is 0 Å². The molecule has 0 unspecified atom stereocenters. The van der Waals surface area contributed by atoms with Crippen LogP contribution in [0.5, 0.6) is 0 Å². The molecular formula is C18H15N3O4S. The minimum atomic E-state index is -0.619. The summed E-state index contributed by atoms with van der Waals surface area (Å²) >= 11 is 1.62. The monoisotopic (exact) mass is 369 g/mol. The van der Waals surface area contributed by atoms with Crippen molar-refractivity contribution in [1.29, 1.82) is 0 Å². The highest BCUT2D eigenvalue weighted by Crippen LogP contribution is 2.34. The summed E-state index contributed by atoms with van der Waals surface area (Å²) in [6.45, 7) is 0. The molecule has 0 radical (unpaired) electrons. The van der Waals surface area contributed by atoms with E-state index in [2.05, 4.69) is 10.1 Å². The Morgan fingerprint density at radius 1 is 1.12 bits per heavy atom. The van der Waals surface area contributed by atoms with Gasteiger partial charge in [-0.15, -0.1) is 0 Å². The van der Waals surface area contributed by atoms with Crippen molar-refractivity contribution in [2.45, 2.75) is 12.5 Å². The van der Waals surface area contributed by atoms with Crippen LogP contribution in [0.3, 0.4) is 0 Å². The number of furan rings is 1. The van der Waals surface area contributed by atoms with E-state index in [9.17, 15) is 9.59 Å². The van der Waals surface area contributed by atoms with E-state index in [0.717, 1.165) is 5.75 Å². The van der Waals surface area contributed by atoms with Crippen molar-refractivity contribution in [3.63, 3.8) is 0 Å². The topological polar surface area (TPSA) is 89.4 Å². The number of nitrogens with zero attached hydrogens (tertiary/aromatic N) is 3. The molecule has 0 saturated heterocycles. The highest BCUT2D eigenvalue weighted by molar-refractivity contribution is 7.98. The maximum Gasteiger partial charge on any atom is 0.262 e. The summed E-state index contributed by atoms with van der Waals surface area (Å²) in [5.74, 6) is 1.03. The molecular weight excluding hydrogens is 354 g/mol. The maximum atomic E-state index is 12.8. The molecule has 0 bridgehead atoms. The van der Waals surface area contributed by atoms with Crippen LogP contribution in [0.1, 0.15) is 39.1 Å². The number of imide groups is 1. The van der Waals surface area contributed by atoms with Gasteiger partial charge in [-0.25, -0.2) is 0 Å². The predicted octanol–water partition coefficient (Wildman–Crippen LogP) is 3.42. The molecule has 8 heteroatoms. The Bertz CT molecular complexity index is 916. The van der Waals surface area contributed by atoms with E-state index in [-0.39, 0.29) is 23.5 Å². The molecule has 3 aromatic rings. The fourth-order valence-electron chi connectivity index (χ4n) is 2.96. The molecule has 0 aliphatic carbocycles. The van der Waals surface area contributed by atoms with Crippen LogP contribution >= 0.6 is 11.8 Å². The lowest BCUT2D eigenvalue weighted by molar-refractivity contribution is 0.0548. The van der Waals surface area contributed by atoms with E-state index in [4.69, 9.17) is 8.94 Å². The molecule has 132 valence electrons. The molecule has 7 nitrogen and oxygen atoms in total. The number of hydrogen-bond donors (Lipinski definition) is 0. The Morgan fingerprint density at radius 2 is 1.85 bits per heavy atom. The lowest BCUT2D eigenvalue weighted by Crippen LogP contribution is -2.34. The Morgan fingerprint density at radius 3 is 2.46 bits per heavy atom. The summed E-state index contributed by atoms with van der Waals surface area (Å²) in [5, 5.41) is 3.92. The van der Waals surface area contributed by atoms with Crippen molar-refractivity contribution in [3.8, 4) is 11.6 Å². The van der Waals surface area contributed by atoms with Gasteiger partial charge in [0, 0.05) is 0 Å². The smallest absolute Gasteiger partial charge is 0.262 e. The fourth-order valence-corrected chi connectivity index (χ4v) is 3.42. The normalized spacial score (nSPS) is 14.7. The zero-order valence-corrected chi connectivity index (χ0v) is 14.7. The molecule has 1 aromatic carbocycles. The van der Waals surface area contributed by atoms with Gasteiger partial charge in [0.1, 0.15) is 6.04 Å². The summed E-state index contributed by atoms with van der Waals surface area (Å²) in [7, 11) is 0. The van der Waals surface area contributed by atoms with Crippen molar-refractivity contribution >= 4 is 23.6 Å². The van der Waals surface area contributed by atoms with Crippen LogP contribution in [-0.2, 0) is 0 Å². The average Bonchev–Trinajstić information content (AvgIpc) is 3.39. The molecule has 1 atom stereocenters. The minimum Gasteiger partial charge on any atom is -0.461 e. The van der Waals surface area contributed by atoms with Gasteiger partial charge < -0.3 is 8.94 Å². The molecule has 2 amide bonds. The third-order valence-electron chi connectivity index (χ3n) is 4.20. The second kappa shape index (κ2) is 6.80. The van der Waals surface area contributed by atoms with Gasteiger partial charge in [-0.05, 0) is 42.7 Å². The quantitative estimate of drug-likeness (QED) is 0.615. The van der Waals surface area contributed by atoms with E-state index >= 15 is 0 Å². The standard InChI is InChI=1S/C18H15N3O4S/c1-26-10-8-13(16-19-15(20-25-16)14-7-4-9-24-14)21-17(22)11-5-2-3-6-12(11)18(21)23/h2-7,9,13H,8,10H2,1H3/t13-/m1/s1. The lowest BCUT2D eigenvalue weighted by Gasteiger charge is -2.22. The van der Waals surface area contributed by atoms with Crippen LogP contribution in [0.25, 0.3) is 11.6 Å². The molecule has 0 fully saturated rings. The molecule has 26 heavy (non-hydrogen) atoms. The number of carbonyl (C=O) groups is 2. The first-order chi connectivity index (χ1) is 12.7. The molecule has 0 saturated carbocycles. The zero-order valence-electron chi connectivity index (χ0n) is 13.9. The number of thioether (sulfide) groups is 1. The number of fused-ring (bicyclic) bond motifs is 1. The van der Waals surface area contributed by atoms with Crippen molar-refractivity contribution in [2.75, 3.05) is 12.0 Å². The summed E-state index contributed by atoms with van der Waals surface area (Å²) in [4.78, 5) is 31.2.